The third-order valence-electron chi connectivity index (χ3n) is 5.70. The first-order valence-electron chi connectivity index (χ1n) is 11.4. The molecule has 5 N–H and O–H groups in total. The average molecular weight is 479 g/mol. The number of carbonyl (C=O) groups excluding carboxylic acids is 3. The van der Waals surface area contributed by atoms with Gasteiger partial charge in [-0.1, -0.05) is 24.0 Å². The molecule has 1 aliphatic heterocycles. The van der Waals surface area contributed by atoms with E-state index in [4.69, 9.17) is 5.21 Å². The van der Waals surface area contributed by atoms with E-state index in [-0.39, 0.29) is 11.9 Å². The van der Waals surface area contributed by atoms with Crippen molar-refractivity contribution in [3.05, 3.63) is 70.8 Å². The zero-order valence-electron chi connectivity index (χ0n) is 19.7. The standard InChI is InChI=1S/C26H30N4O5/c1-17(31)24(26(34)29-35)28-25(33)22-11-9-20(10-12-22)4-3-19-5-7-21(8-6-19)15-30-14-13-23(16-30)27-18(2)32/h5-12,17,23-24,31,35H,13-16H2,1-2H3,(H,27,32)(H,28,33)(H,29,34)/t17-,23+,24+/m1/s1. The van der Waals surface area contributed by atoms with E-state index in [1.165, 1.54) is 18.0 Å². The van der Waals surface area contributed by atoms with Crippen molar-refractivity contribution in [1.82, 2.24) is 21.0 Å². The molecule has 3 amide bonds. The molecule has 1 heterocycles. The van der Waals surface area contributed by atoms with Crippen molar-refractivity contribution in [2.75, 3.05) is 13.1 Å². The zero-order chi connectivity index (χ0) is 25.4. The maximum atomic E-state index is 12.3. The molecule has 0 aromatic heterocycles. The molecule has 3 rings (SSSR count). The highest BCUT2D eigenvalue weighted by atomic mass is 16.5. The fourth-order valence-corrected chi connectivity index (χ4v) is 3.88. The van der Waals surface area contributed by atoms with Gasteiger partial charge in [-0.3, -0.25) is 24.5 Å². The summed E-state index contributed by atoms with van der Waals surface area (Å²) >= 11 is 0. The second-order valence-electron chi connectivity index (χ2n) is 8.61. The smallest absolute Gasteiger partial charge is 0.268 e. The van der Waals surface area contributed by atoms with Crippen LogP contribution in [0.2, 0.25) is 0 Å². The number of amides is 3. The molecule has 0 saturated carbocycles. The number of nitrogens with zero attached hydrogens (tertiary/aromatic N) is 1. The van der Waals surface area contributed by atoms with Crippen LogP contribution in [-0.4, -0.2) is 64.2 Å². The third kappa shape index (κ3) is 7.65. The van der Waals surface area contributed by atoms with E-state index < -0.39 is 24.0 Å². The lowest BCUT2D eigenvalue weighted by atomic mass is 10.1. The number of hydrogen-bond acceptors (Lipinski definition) is 6. The number of benzene rings is 2. The largest absolute Gasteiger partial charge is 0.391 e. The van der Waals surface area contributed by atoms with Crippen molar-refractivity contribution in [2.45, 2.75) is 45.0 Å². The first-order chi connectivity index (χ1) is 16.7. The van der Waals surface area contributed by atoms with E-state index in [1.807, 2.05) is 24.3 Å². The van der Waals surface area contributed by atoms with Crippen molar-refractivity contribution < 1.29 is 24.7 Å². The van der Waals surface area contributed by atoms with Crippen molar-refractivity contribution in [1.29, 1.82) is 0 Å². The van der Waals surface area contributed by atoms with Crippen molar-refractivity contribution >= 4 is 17.7 Å². The van der Waals surface area contributed by atoms with E-state index in [9.17, 15) is 19.5 Å². The van der Waals surface area contributed by atoms with Crippen LogP contribution in [0.1, 0.15) is 47.3 Å². The fraction of sp³-hybridized carbons (Fsp3) is 0.346. The average Bonchev–Trinajstić information content (AvgIpc) is 3.27. The van der Waals surface area contributed by atoms with E-state index >= 15 is 0 Å². The Morgan fingerprint density at radius 3 is 2.20 bits per heavy atom. The first kappa shape index (κ1) is 25.9. The van der Waals surface area contributed by atoms with Crippen molar-refractivity contribution in [2.24, 2.45) is 0 Å². The molecule has 9 nitrogen and oxygen atoms in total. The highest BCUT2D eigenvalue weighted by molar-refractivity contribution is 5.97. The van der Waals surface area contributed by atoms with Gasteiger partial charge >= 0.3 is 0 Å². The summed E-state index contributed by atoms with van der Waals surface area (Å²) in [5.41, 5.74) is 4.48. The number of hydrogen-bond donors (Lipinski definition) is 5. The fourth-order valence-electron chi connectivity index (χ4n) is 3.88. The molecule has 1 saturated heterocycles. The normalized spacial score (nSPS) is 17.0. The molecular formula is C26H30N4O5. The number of rotatable bonds is 7. The topological polar surface area (TPSA) is 131 Å². The molecule has 35 heavy (non-hydrogen) atoms. The van der Waals surface area contributed by atoms with Gasteiger partial charge in [-0.15, -0.1) is 0 Å². The molecule has 0 bridgehead atoms. The van der Waals surface area contributed by atoms with Gasteiger partial charge < -0.3 is 15.7 Å². The van der Waals surface area contributed by atoms with Crippen LogP contribution in [0, 0.1) is 11.8 Å². The van der Waals surface area contributed by atoms with Crippen LogP contribution in [0.4, 0.5) is 0 Å². The monoisotopic (exact) mass is 478 g/mol. The maximum Gasteiger partial charge on any atom is 0.268 e. The summed E-state index contributed by atoms with van der Waals surface area (Å²) in [6, 6.07) is 13.5. The number of aliphatic hydroxyl groups is 1. The quantitative estimate of drug-likeness (QED) is 0.227. The second-order valence-corrected chi connectivity index (χ2v) is 8.61. The Morgan fingerprint density at radius 2 is 1.66 bits per heavy atom. The molecule has 3 atom stereocenters. The van der Waals surface area contributed by atoms with Gasteiger partial charge in [0.15, 0.2) is 0 Å². The minimum Gasteiger partial charge on any atom is -0.391 e. The summed E-state index contributed by atoms with van der Waals surface area (Å²) in [5, 5.41) is 23.7. The van der Waals surface area contributed by atoms with Crippen molar-refractivity contribution in [3.8, 4) is 11.8 Å². The zero-order valence-corrected chi connectivity index (χ0v) is 19.7. The van der Waals surface area contributed by atoms with E-state index in [0.717, 1.165) is 31.6 Å². The Balaban J connectivity index is 1.55. The van der Waals surface area contributed by atoms with Crippen molar-refractivity contribution in [3.63, 3.8) is 0 Å². The molecule has 2 aromatic carbocycles. The van der Waals surface area contributed by atoms with Gasteiger partial charge in [0.05, 0.1) is 6.10 Å². The van der Waals surface area contributed by atoms with Crippen LogP contribution in [-0.2, 0) is 16.1 Å². The van der Waals surface area contributed by atoms with E-state index in [0.29, 0.717) is 11.1 Å². The lowest BCUT2D eigenvalue weighted by molar-refractivity contribution is -0.133. The molecular weight excluding hydrogens is 448 g/mol. The summed E-state index contributed by atoms with van der Waals surface area (Å²) in [4.78, 5) is 37.5. The molecule has 1 aliphatic rings. The number of nitrogens with one attached hydrogen (secondary N) is 3. The number of hydroxylamine groups is 1. The Bertz CT molecular complexity index is 1100. The predicted octanol–water partition coefficient (Wildman–Crippen LogP) is 0.781. The Morgan fingerprint density at radius 1 is 1.06 bits per heavy atom. The lowest BCUT2D eigenvalue weighted by Crippen LogP contribution is -2.51. The van der Waals surface area contributed by atoms with Crippen LogP contribution in [0.5, 0.6) is 0 Å². The summed E-state index contributed by atoms with van der Waals surface area (Å²) < 4.78 is 0. The van der Waals surface area contributed by atoms with Crippen LogP contribution in [0.25, 0.3) is 0 Å². The molecule has 0 radical (unpaired) electrons. The molecule has 9 heteroatoms. The Kier molecular flexibility index (Phi) is 8.98. The van der Waals surface area contributed by atoms with Crippen LogP contribution < -0.4 is 16.1 Å². The van der Waals surface area contributed by atoms with Gasteiger partial charge in [0.25, 0.3) is 11.8 Å². The summed E-state index contributed by atoms with van der Waals surface area (Å²) in [6.45, 7) is 5.51. The van der Waals surface area contributed by atoms with Gasteiger partial charge in [-0.2, -0.15) is 0 Å². The van der Waals surface area contributed by atoms with E-state index in [2.05, 4.69) is 27.4 Å². The highest BCUT2D eigenvalue weighted by Gasteiger charge is 2.26. The lowest BCUT2D eigenvalue weighted by Gasteiger charge is -2.19. The Hall–Kier alpha value is -3.71. The minimum atomic E-state index is -1.28. The van der Waals surface area contributed by atoms with Crippen LogP contribution >= 0.6 is 0 Å². The number of likely N-dealkylation sites (tertiary alicyclic amines) is 1. The number of aliphatic hydroxyl groups excluding tert-OH is 1. The second kappa shape index (κ2) is 12.1. The van der Waals surface area contributed by atoms with E-state index in [1.54, 1.807) is 31.2 Å². The predicted molar refractivity (Wildman–Crippen MR) is 129 cm³/mol. The highest BCUT2D eigenvalue weighted by Crippen LogP contribution is 2.14. The molecule has 2 aromatic rings. The maximum absolute atomic E-state index is 12.3. The molecule has 0 unspecified atom stereocenters. The minimum absolute atomic E-state index is 0.00902. The summed E-state index contributed by atoms with van der Waals surface area (Å²) in [5.74, 6) is 4.71. The Labute approximate surface area is 204 Å². The SMILES string of the molecule is CC(=O)N[C@H]1CCN(Cc2ccc(C#Cc3ccc(C(=O)N[C@H](C(=O)NO)[C@@H](C)O)cc3)cc2)C1. The van der Waals surface area contributed by atoms with Gasteiger partial charge in [-0.25, -0.2) is 5.48 Å². The molecule has 1 fully saturated rings. The summed E-state index contributed by atoms with van der Waals surface area (Å²) in [7, 11) is 0. The van der Waals surface area contributed by atoms with Gasteiger partial charge in [0.2, 0.25) is 5.91 Å². The van der Waals surface area contributed by atoms with Gasteiger partial charge in [-0.05, 0) is 55.3 Å². The molecule has 0 aliphatic carbocycles. The van der Waals surface area contributed by atoms with Gasteiger partial charge in [0.1, 0.15) is 6.04 Å². The number of carbonyl (C=O) groups is 3. The van der Waals surface area contributed by atoms with Crippen LogP contribution in [0.3, 0.4) is 0 Å². The van der Waals surface area contributed by atoms with Crippen LogP contribution in [0.15, 0.2) is 48.5 Å². The summed E-state index contributed by atoms with van der Waals surface area (Å²) in [6.07, 6.45) is -0.221. The molecule has 184 valence electrons. The van der Waals surface area contributed by atoms with Gasteiger partial charge in [0, 0.05) is 49.3 Å². The molecule has 0 spiro atoms. The first-order valence-corrected chi connectivity index (χ1v) is 11.4. The third-order valence-corrected chi connectivity index (χ3v) is 5.70.